The van der Waals surface area contributed by atoms with Crippen molar-refractivity contribution in [1.82, 2.24) is 10.1 Å². The lowest BCUT2D eigenvalue weighted by molar-refractivity contribution is -0.384. The average Bonchev–Trinajstić information content (AvgIpc) is 2.95. The lowest BCUT2D eigenvalue weighted by Crippen LogP contribution is -2.14. The number of aliphatic hydroxyl groups is 1. The van der Waals surface area contributed by atoms with Gasteiger partial charge in [0.05, 0.1) is 16.9 Å². The van der Waals surface area contributed by atoms with E-state index in [0.29, 0.717) is 12.0 Å². The Morgan fingerprint density at radius 3 is 2.80 bits per heavy atom. The maximum absolute atomic E-state index is 11.0. The molecule has 0 aliphatic heterocycles. The Morgan fingerprint density at radius 1 is 1.45 bits per heavy atom. The molecule has 0 fully saturated rings. The zero-order valence-corrected chi connectivity index (χ0v) is 11.2. The molecule has 0 saturated heterocycles. The number of nitro benzene ring substituents is 1. The second-order valence-corrected chi connectivity index (χ2v) is 4.49. The van der Waals surface area contributed by atoms with Gasteiger partial charge in [-0.1, -0.05) is 31.1 Å². The number of rotatable bonds is 5. The molecule has 1 heterocycles. The third kappa shape index (κ3) is 2.67. The number of aliphatic hydroxyl groups excluding tert-OH is 1. The lowest BCUT2D eigenvalue weighted by Gasteiger charge is -2.11. The number of nitro groups is 1. The van der Waals surface area contributed by atoms with Gasteiger partial charge in [0.15, 0.2) is 0 Å². The monoisotopic (exact) mass is 277 g/mol. The normalized spacial score (nSPS) is 13.9. The number of para-hydroxylation sites is 1. The Kier molecular flexibility index (Phi) is 4.09. The van der Waals surface area contributed by atoms with Crippen molar-refractivity contribution < 1.29 is 14.6 Å². The fraction of sp³-hybridized carbons (Fsp3) is 0.385. The molecule has 2 atom stereocenters. The smallest absolute Gasteiger partial charge is 0.280 e. The van der Waals surface area contributed by atoms with Gasteiger partial charge in [0.1, 0.15) is 5.56 Å². The largest absolute Gasteiger partial charge is 0.392 e. The molecule has 106 valence electrons. The van der Waals surface area contributed by atoms with Gasteiger partial charge in [-0.25, -0.2) is 0 Å². The van der Waals surface area contributed by atoms with Gasteiger partial charge in [0.25, 0.3) is 5.69 Å². The topological polar surface area (TPSA) is 102 Å². The van der Waals surface area contributed by atoms with Crippen molar-refractivity contribution in [2.75, 3.05) is 0 Å². The highest BCUT2D eigenvalue weighted by Crippen LogP contribution is 2.29. The van der Waals surface area contributed by atoms with Crippen molar-refractivity contribution >= 4 is 5.69 Å². The summed E-state index contributed by atoms with van der Waals surface area (Å²) >= 11 is 0. The minimum absolute atomic E-state index is 0.0801. The molecule has 0 aliphatic carbocycles. The van der Waals surface area contributed by atoms with Crippen molar-refractivity contribution in [2.45, 2.75) is 32.3 Å². The minimum atomic E-state index is -0.589. The van der Waals surface area contributed by atoms with Gasteiger partial charge in [-0.15, -0.1) is 0 Å². The molecule has 0 spiro atoms. The Labute approximate surface area is 115 Å². The summed E-state index contributed by atoms with van der Waals surface area (Å²) in [5.74, 6) is 0.110. The number of nitrogens with zero attached hydrogens (tertiary/aromatic N) is 3. The van der Waals surface area contributed by atoms with Gasteiger partial charge >= 0.3 is 0 Å². The van der Waals surface area contributed by atoms with Crippen LogP contribution in [-0.4, -0.2) is 26.3 Å². The summed E-state index contributed by atoms with van der Waals surface area (Å²) in [7, 11) is 0. The predicted molar refractivity (Wildman–Crippen MR) is 71.1 cm³/mol. The first-order valence-corrected chi connectivity index (χ1v) is 6.30. The summed E-state index contributed by atoms with van der Waals surface area (Å²) in [6.45, 7) is 3.62. The van der Waals surface area contributed by atoms with Gasteiger partial charge in [-0.05, 0) is 12.5 Å². The van der Waals surface area contributed by atoms with Crippen molar-refractivity contribution in [3.8, 4) is 11.4 Å². The van der Waals surface area contributed by atoms with Gasteiger partial charge in [-0.2, -0.15) is 4.98 Å². The van der Waals surface area contributed by atoms with E-state index < -0.39 is 11.0 Å². The molecular weight excluding hydrogens is 262 g/mol. The number of hydrogen-bond donors (Lipinski definition) is 1. The van der Waals surface area contributed by atoms with Gasteiger partial charge < -0.3 is 9.63 Å². The molecule has 7 heteroatoms. The molecule has 0 bridgehead atoms. The summed E-state index contributed by atoms with van der Waals surface area (Å²) in [6, 6.07) is 6.19. The molecule has 2 rings (SSSR count). The Hall–Kier alpha value is -2.28. The van der Waals surface area contributed by atoms with Crippen LogP contribution in [0, 0.1) is 10.1 Å². The van der Waals surface area contributed by atoms with Gasteiger partial charge in [-0.3, -0.25) is 10.1 Å². The number of benzene rings is 1. The molecule has 2 unspecified atom stereocenters. The summed E-state index contributed by atoms with van der Waals surface area (Å²) in [5.41, 5.74) is 0.217. The van der Waals surface area contributed by atoms with E-state index in [-0.39, 0.29) is 23.3 Å². The highest BCUT2D eigenvalue weighted by molar-refractivity contribution is 5.67. The van der Waals surface area contributed by atoms with E-state index in [1.54, 1.807) is 25.1 Å². The molecule has 0 amide bonds. The van der Waals surface area contributed by atoms with Crippen LogP contribution in [0.3, 0.4) is 0 Å². The van der Waals surface area contributed by atoms with Crippen LogP contribution in [0.2, 0.25) is 0 Å². The summed E-state index contributed by atoms with van der Waals surface area (Å²) in [4.78, 5) is 14.6. The summed E-state index contributed by atoms with van der Waals surface area (Å²) in [6.07, 6.45) is -0.0289. The van der Waals surface area contributed by atoms with Gasteiger partial charge in [0, 0.05) is 6.07 Å². The molecule has 0 aliphatic rings. The SMILES string of the molecule is CCC(O)C(C)c1nc(-c2ccccc2[N+](=O)[O-])no1. The molecule has 20 heavy (non-hydrogen) atoms. The van der Waals surface area contributed by atoms with E-state index in [2.05, 4.69) is 10.1 Å². The predicted octanol–water partition coefficient (Wildman–Crippen LogP) is 2.52. The van der Waals surface area contributed by atoms with Crippen molar-refractivity contribution in [2.24, 2.45) is 0 Å². The quantitative estimate of drug-likeness (QED) is 0.665. The van der Waals surface area contributed by atoms with E-state index in [1.165, 1.54) is 6.07 Å². The standard InChI is InChI=1S/C13H15N3O4/c1-3-11(17)8(2)13-14-12(15-20-13)9-6-4-5-7-10(9)16(18)19/h4-8,11,17H,3H2,1-2H3. The fourth-order valence-corrected chi connectivity index (χ4v) is 1.87. The lowest BCUT2D eigenvalue weighted by atomic mass is 10.0. The van der Waals surface area contributed by atoms with Crippen LogP contribution >= 0.6 is 0 Å². The van der Waals surface area contributed by atoms with Crippen molar-refractivity contribution in [3.63, 3.8) is 0 Å². The van der Waals surface area contributed by atoms with Crippen LogP contribution in [0.15, 0.2) is 28.8 Å². The van der Waals surface area contributed by atoms with Gasteiger partial charge in [0.2, 0.25) is 11.7 Å². The summed E-state index contributed by atoms with van der Waals surface area (Å²) < 4.78 is 5.09. The molecule has 2 aromatic rings. The molecule has 7 nitrogen and oxygen atoms in total. The zero-order chi connectivity index (χ0) is 14.7. The third-order valence-electron chi connectivity index (χ3n) is 3.17. The highest BCUT2D eigenvalue weighted by Gasteiger charge is 2.24. The molecular formula is C13H15N3O4. The van der Waals surface area contributed by atoms with Crippen LogP contribution in [0.1, 0.15) is 32.1 Å². The van der Waals surface area contributed by atoms with E-state index in [4.69, 9.17) is 4.52 Å². The van der Waals surface area contributed by atoms with E-state index >= 15 is 0 Å². The number of hydrogen-bond acceptors (Lipinski definition) is 6. The van der Waals surface area contributed by atoms with E-state index in [0.717, 1.165) is 0 Å². The maximum atomic E-state index is 11.0. The Balaban J connectivity index is 2.36. The highest BCUT2D eigenvalue weighted by atomic mass is 16.6. The van der Waals surface area contributed by atoms with Crippen LogP contribution in [0.25, 0.3) is 11.4 Å². The average molecular weight is 277 g/mol. The minimum Gasteiger partial charge on any atom is -0.392 e. The second kappa shape index (κ2) is 5.79. The van der Waals surface area contributed by atoms with Crippen LogP contribution in [-0.2, 0) is 0 Å². The summed E-state index contributed by atoms with van der Waals surface area (Å²) in [5, 5.41) is 24.5. The first kappa shape index (κ1) is 14.1. The van der Waals surface area contributed by atoms with Crippen LogP contribution < -0.4 is 0 Å². The molecule has 0 radical (unpaired) electrons. The second-order valence-electron chi connectivity index (χ2n) is 4.49. The van der Waals surface area contributed by atoms with Crippen molar-refractivity contribution in [1.29, 1.82) is 0 Å². The Bertz CT molecular complexity index is 611. The van der Waals surface area contributed by atoms with Crippen LogP contribution in [0.4, 0.5) is 5.69 Å². The van der Waals surface area contributed by atoms with Crippen LogP contribution in [0.5, 0.6) is 0 Å². The first-order chi connectivity index (χ1) is 9.54. The number of aromatic nitrogens is 2. The van der Waals surface area contributed by atoms with Crippen molar-refractivity contribution in [3.05, 3.63) is 40.3 Å². The molecule has 0 saturated carbocycles. The molecule has 1 aromatic carbocycles. The third-order valence-corrected chi connectivity index (χ3v) is 3.17. The zero-order valence-electron chi connectivity index (χ0n) is 11.2. The fourth-order valence-electron chi connectivity index (χ4n) is 1.87. The molecule has 1 N–H and O–H groups in total. The first-order valence-electron chi connectivity index (χ1n) is 6.30. The Morgan fingerprint density at radius 2 is 2.15 bits per heavy atom. The van der Waals surface area contributed by atoms with E-state index in [1.807, 2.05) is 6.92 Å². The van der Waals surface area contributed by atoms with E-state index in [9.17, 15) is 15.2 Å². The molecule has 1 aromatic heterocycles. The maximum Gasteiger partial charge on any atom is 0.280 e.